The summed E-state index contributed by atoms with van der Waals surface area (Å²) < 4.78 is 0. The monoisotopic (exact) mass is 155 g/mol. The van der Waals surface area contributed by atoms with Gasteiger partial charge in [0.15, 0.2) is 0 Å². The molecule has 0 aromatic rings. The van der Waals surface area contributed by atoms with Crippen LogP contribution in [0.5, 0.6) is 0 Å². The number of nitrogens with one attached hydrogen (secondary N) is 1. The Morgan fingerprint density at radius 1 is 1.45 bits per heavy atom. The summed E-state index contributed by atoms with van der Waals surface area (Å²) in [7, 11) is 0. The Balaban J connectivity index is 1.83. The molecule has 11 heavy (non-hydrogen) atoms. The van der Waals surface area contributed by atoms with Gasteiger partial charge in [-0.2, -0.15) is 0 Å². The summed E-state index contributed by atoms with van der Waals surface area (Å²) >= 11 is 0. The van der Waals surface area contributed by atoms with E-state index in [0.29, 0.717) is 5.54 Å². The first kappa shape index (κ1) is 7.53. The fourth-order valence-electron chi connectivity index (χ4n) is 2.16. The molecule has 1 unspecified atom stereocenters. The van der Waals surface area contributed by atoms with E-state index in [2.05, 4.69) is 10.2 Å². The third kappa shape index (κ3) is 1.28. The molecule has 3 nitrogen and oxygen atoms in total. The Morgan fingerprint density at radius 2 is 2.27 bits per heavy atom. The highest BCUT2D eigenvalue weighted by Crippen LogP contribution is 2.29. The van der Waals surface area contributed by atoms with E-state index in [1.54, 1.807) is 0 Å². The molecule has 1 atom stereocenters. The van der Waals surface area contributed by atoms with Gasteiger partial charge in [-0.3, -0.25) is 0 Å². The average Bonchev–Trinajstić information content (AvgIpc) is 2.32. The van der Waals surface area contributed by atoms with Crippen molar-refractivity contribution in [2.75, 3.05) is 32.7 Å². The van der Waals surface area contributed by atoms with E-state index in [0.717, 1.165) is 13.1 Å². The molecule has 0 aromatic heterocycles. The first-order chi connectivity index (χ1) is 5.35. The molecule has 2 rings (SSSR count). The van der Waals surface area contributed by atoms with Crippen molar-refractivity contribution in [1.82, 2.24) is 10.2 Å². The van der Waals surface area contributed by atoms with Gasteiger partial charge in [0, 0.05) is 31.7 Å². The van der Waals surface area contributed by atoms with Crippen molar-refractivity contribution in [3.63, 3.8) is 0 Å². The van der Waals surface area contributed by atoms with Crippen LogP contribution >= 0.6 is 0 Å². The Bertz CT molecular complexity index is 142. The zero-order chi connectivity index (χ0) is 7.73. The van der Waals surface area contributed by atoms with Crippen molar-refractivity contribution in [1.29, 1.82) is 0 Å². The minimum Gasteiger partial charge on any atom is -0.329 e. The van der Waals surface area contributed by atoms with E-state index in [1.165, 1.54) is 32.5 Å². The molecule has 64 valence electrons. The summed E-state index contributed by atoms with van der Waals surface area (Å²) in [6.45, 7) is 5.56. The summed E-state index contributed by atoms with van der Waals surface area (Å²) in [4.78, 5) is 2.46. The van der Waals surface area contributed by atoms with Crippen LogP contribution in [0, 0.1) is 0 Å². The van der Waals surface area contributed by atoms with Crippen LogP contribution < -0.4 is 11.1 Å². The summed E-state index contributed by atoms with van der Waals surface area (Å²) in [5.74, 6) is 0. The minimum absolute atomic E-state index is 0.509. The lowest BCUT2D eigenvalue weighted by atomic mass is 9.87. The Labute approximate surface area is 67.9 Å². The van der Waals surface area contributed by atoms with Crippen molar-refractivity contribution < 1.29 is 0 Å². The van der Waals surface area contributed by atoms with E-state index < -0.39 is 0 Å². The molecule has 3 heteroatoms. The first-order valence-electron chi connectivity index (χ1n) is 4.52. The van der Waals surface area contributed by atoms with Crippen LogP contribution in [0.4, 0.5) is 0 Å². The van der Waals surface area contributed by atoms with Gasteiger partial charge in [-0.05, 0) is 19.4 Å². The third-order valence-electron chi connectivity index (χ3n) is 2.98. The molecule has 0 saturated carbocycles. The van der Waals surface area contributed by atoms with Crippen LogP contribution in [0.1, 0.15) is 12.8 Å². The van der Waals surface area contributed by atoms with E-state index >= 15 is 0 Å². The third-order valence-corrected chi connectivity index (χ3v) is 2.98. The maximum atomic E-state index is 5.49. The number of rotatable bonds is 2. The van der Waals surface area contributed by atoms with Crippen molar-refractivity contribution >= 4 is 0 Å². The summed E-state index contributed by atoms with van der Waals surface area (Å²) in [6.07, 6.45) is 2.70. The van der Waals surface area contributed by atoms with Gasteiger partial charge in [0.25, 0.3) is 0 Å². The summed E-state index contributed by atoms with van der Waals surface area (Å²) in [6, 6.07) is 0. The lowest BCUT2D eigenvalue weighted by Gasteiger charge is -2.40. The number of nitrogens with zero attached hydrogens (tertiary/aromatic N) is 1. The van der Waals surface area contributed by atoms with Gasteiger partial charge in [-0.1, -0.05) is 0 Å². The molecule has 0 aliphatic carbocycles. The molecule has 2 aliphatic heterocycles. The van der Waals surface area contributed by atoms with Gasteiger partial charge in [-0.15, -0.1) is 0 Å². The van der Waals surface area contributed by atoms with Gasteiger partial charge in [0.05, 0.1) is 0 Å². The molecule has 0 aromatic carbocycles. The molecule has 2 saturated heterocycles. The molecular weight excluding hydrogens is 138 g/mol. The normalized spacial score (nSPS) is 37.9. The van der Waals surface area contributed by atoms with Crippen LogP contribution in [-0.4, -0.2) is 43.2 Å². The van der Waals surface area contributed by atoms with Gasteiger partial charge < -0.3 is 16.0 Å². The van der Waals surface area contributed by atoms with E-state index in [1.807, 2.05) is 0 Å². The fraction of sp³-hybridized carbons (Fsp3) is 1.00. The molecule has 2 aliphatic rings. The topological polar surface area (TPSA) is 41.3 Å². The second kappa shape index (κ2) is 2.73. The average molecular weight is 155 g/mol. The Morgan fingerprint density at radius 3 is 2.73 bits per heavy atom. The highest BCUT2D eigenvalue weighted by Gasteiger charge is 2.41. The smallest absolute Gasteiger partial charge is 0.0333 e. The van der Waals surface area contributed by atoms with E-state index in [4.69, 9.17) is 5.73 Å². The van der Waals surface area contributed by atoms with E-state index in [-0.39, 0.29) is 0 Å². The van der Waals surface area contributed by atoms with Crippen molar-refractivity contribution in [3.8, 4) is 0 Å². The van der Waals surface area contributed by atoms with Crippen LogP contribution in [0.2, 0.25) is 0 Å². The van der Waals surface area contributed by atoms with Gasteiger partial charge in [0.1, 0.15) is 0 Å². The van der Waals surface area contributed by atoms with Gasteiger partial charge >= 0.3 is 0 Å². The second-order valence-electron chi connectivity index (χ2n) is 3.77. The van der Waals surface area contributed by atoms with Crippen LogP contribution in [0.3, 0.4) is 0 Å². The maximum Gasteiger partial charge on any atom is 0.0333 e. The molecule has 2 heterocycles. The zero-order valence-electron chi connectivity index (χ0n) is 6.97. The van der Waals surface area contributed by atoms with Crippen molar-refractivity contribution in [2.45, 2.75) is 18.4 Å². The molecule has 0 radical (unpaired) electrons. The SMILES string of the molecule is NCCN1CCC2(CCN2)C1. The lowest BCUT2D eigenvalue weighted by molar-refractivity contribution is 0.203. The predicted molar refractivity (Wildman–Crippen MR) is 45.5 cm³/mol. The largest absolute Gasteiger partial charge is 0.329 e. The van der Waals surface area contributed by atoms with Crippen molar-refractivity contribution in [2.24, 2.45) is 5.73 Å². The number of hydrogen-bond acceptors (Lipinski definition) is 3. The zero-order valence-corrected chi connectivity index (χ0v) is 6.97. The fourth-order valence-corrected chi connectivity index (χ4v) is 2.16. The van der Waals surface area contributed by atoms with E-state index in [9.17, 15) is 0 Å². The molecule has 2 fully saturated rings. The molecule has 0 bridgehead atoms. The minimum atomic E-state index is 0.509. The predicted octanol–water partition coefficient (Wildman–Crippen LogP) is -0.617. The number of hydrogen-bond donors (Lipinski definition) is 2. The van der Waals surface area contributed by atoms with Crippen molar-refractivity contribution in [3.05, 3.63) is 0 Å². The number of nitrogens with two attached hydrogens (primary N) is 1. The Hall–Kier alpha value is -0.120. The lowest BCUT2D eigenvalue weighted by Crippen LogP contribution is -2.58. The standard InChI is InChI=1S/C8H17N3/c9-3-6-11-5-2-8(7-11)1-4-10-8/h10H,1-7,9H2. The molecule has 0 amide bonds. The van der Waals surface area contributed by atoms with Crippen LogP contribution in [-0.2, 0) is 0 Å². The quantitative estimate of drug-likeness (QED) is 0.558. The summed E-state index contributed by atoms with van der Waals surface area (Å²) in [5, 5.41) is 3.53. The molecular formula is C8H17N3. The first-order valence-corrected chi connectivity index (χ1v) is 4.52. The Kier molecular flexibility index (Phi) is 1.87. The maximum absolute atomic E-state index is 5.49. The molecule has 3 N–H and O–H groups in total. The van der Waals surface area contributed by atoms with Gasteiger partial charge in [-0.25, -0.2) is 0 Å². The molecule has 1 spiro atoms. The van der Waals surface area contributed by atoms with Gasteiger partial charge in [0.2, 0.25) is 0 Å². The summed E-state index contributed by atoms with van der Waals surface area (Å²) in [5.41, 5.74) is 6.00. The number of likely N-dealkylation sites (tertiary alicyclic amines) is 1. The van der Waals surface area contributed by atoms with Crippen LogP contribution in [0.25, 0.3) is 0 Å². The highest BCUT2D eigenvalue weighted by atomic mass is 15.2. The second-order valence-corrected chi connectivity index (χ2v) is 3.77. The highest BCUT2D eigenvalue weighted by molar-refractivity contribution is 5.03. The van der Waals surface area contributed by atoms with Crippen LogP contribution in [0.15, 0.2) is 0 Å².